The van der Waals surface area contributed by atoms with E-state index >= 15 is 0 Å². The van der Waals surface area contributed by atoms with E-state index in [0.29, 0.717) is 5.82 Å². The number of amides is 1. The van der Waals surface area contributed by atoms with Crippen molar-refractivity contribution in [3.8, 4) is 0 Å². The first-order chi connectivity index (χ1) is 13.3. The van der Waals surface area contributed by atoms with Gasteiger partial charge in [-0.1, -0.05) is 17.7 Å². The fraction of sp³-hybridized carbons (Fsp3) is 0.238. The number of anilines is 1. The number of carbonyl (C=O) groups excluding carboxylic acids is 1. The Morgan fingerprint density at radius 1 is 1.11 bits per heavy atom. The van der Waals surface area contributed by atoms with Crippen LogP contribution < -0.4 is 5.32 Å². The van der Waals surface area contributed by atoms with Gasteiger partial charge in [0.25, 0.3) is 0 Å². The summed E-state index contributed by atoms with van der Waals surface area (Å²) in [5.74, 6) is -0.498. The Morgan fingerprint density at radius 2 is 1.89 bits per heavy atom. The van der Waals surface area contributed by atoms with Gasteiger partial charge in [0.05, 0.1) is 18.5 Å². The van der Waals surface area contributed by atoms with Crippen molar-refractivity contribution in [1.29, 1.82) is 0 Å². The van der Waals surface area contributed by atoms with Crippen LogP contribution in [0.2, 0.25) is 0 Å². The van der Waals surface area contributed by atoms with E-state index in [-0.39, 0.29) is 23.8 Å². The van der Waals surface area contributed by atoms with Crippen LogP contribution in [0.25, 0.3) is 0 Å². The lowest BCUT2D eigenvalue weighted by Gasteiger charge is -2.12. The molecule has 146 valence electrons. The number of halogens is 2. The number of aryl methyl sites for hydroxylation is 3. The molecule has 0 aliphatic rings. The molecule has 0 spiro atoms. The Hall–Kier alpha value is -2.67. The minimum absolute atomic E-state index is 0.0250. The summed E-state index contributed by atoms with van der Waals surface area (Å²) in [6.45, 7) is 5.85. The number of thioether (sulfide) groups is 1. The smallest absolute Gasteiger partial charge is 0.235 e. The molecule has 3 rings (SSSR count). The summed E-state index contributed by atoms with van der Waals surface area (Å²) in [6.07, 6.45) is 1.59. The van der Waals surface area contributed by atoms with Crippen molar-refractivity contribution in [2.45, 2.75) is 32.2 Å². The highest BCUT2D eigenvalue weighted by Gasteiger charge is 2.14. The monoisotopic (exact) mass is 401 g/mol. The second kappa shape index (κ2) is 8.56. The molecule has 3 aromatic rings. The quantitative estimate of drug-likeness (QED) is 0.600. The molecule has 1 N–H and O–H groups in total. The zero-order valence-electron chi connectivity index (χ0n) is 15.9. The van der Waals surface area contributed by atoms with E-state index in [4.69, 9.17) is 0 Å². The minimum atomic E-state index is -0.518. The fourth-order valence-electron chi connectivity index (χ4n) is 2.76. The van der Waals surface area contributed by atoms with Crippen LogP contribution in [0.5, 0.6) is 0 Å². The summed E-state index contributed by atoms with van der Waals surface area (Å²) in [6, 6.07) is 9.40. The Kier molecular flexibility index (Phi) is 6.14. The van der Waals surface area contributed by atoms with Crippen molar-refractivity contribution < 1.29 is 13.6 Å². The number of rotatable bonds is 6. The fourth-order valence-corrected chi connectivity index (χ4v) is 3.69. The average molecular weight is 401 g/mol. The van der Waals surface area contributed by atoms with Gasteiger partial charge in [-0.15, -0.1) is 11.8 Å². The molecular weight excluding hydrogens is 380 g/mol. The zero-order valence-corrected chi connectivity index (χ0v) is 16.7. The molecule has 1 amide bonds. The van der Waals surface area contributed by atoms with Gasteiger partial charge in [-0.2, -0.15) is 5.10 Å². The number of carbonyl (C=O) groups is 1. The van der Waals surface area contributed by atoms with Crippen LogP contribution in [0.15, 0.2) is 47.5 Å². The van der Waals surface area contributed by atoms with Gasteiger partial charge < -0.3 is 5.32 Å². The number of aromatic nitrogens is 2. The number of nitrogens with one attached hydrogen (secondary N) is 1. The molecule has 7 heteroatoms. The Bertz CT molecular complexity index is 1020. The van der Waals surface area contributed by atoms with Crippen molar-refractivity contribution in [1.82, 2.24) is 9.78 Å². The maximum atomic E-state index is 13.9. The van der Waals surface area contributed by atoms with Gasteiger partial charge in [-0.3, -0.25) is 4.79 Å². The minimum Gasteiger partial charge on any atom is -0.310 e. The Labute approximate surface area is 167 Å². The van der Waals surface area contributed by atoms with Crippen LogP contribution in [-0.2, 0) is 11.3 Å². The van der Waals surface area contributed by atoms with Crippen LogP contribution in [0, 0.1) is 32.4 Å². The molecular formula is C21H21F2N3OS. The maximum Gasteiger partial charge on any atom is 0.235 e. The van der Waals surface area contributed by atoms with Crippen molar-refractivity contribution in [2.24, 2.45) is 0 Å². The molecule has 0 aliphatic carbocycles. The van der Waals surface area contributed by atoms with Crippen LogP contribution in [-0.4, -0.2) is 21.4 Å². The first kappa shape index (κ1) is 20.1. The SMILES string of the molecule is Cc1ccc(C)c(SCC(=O)Nc2c(C)cnn2Cc2cc(F)ccc2F)c1. The number of benzene rings is 2. The normalized spacial score (nSPS) is 10.9. The first-order valence-corrected chi connectivity index (χ1v) is 9.78. The van der Waals surface area contributed by atoms with Crippen LogP contribution in [0.4, 0.5) is 14.6 Å². The standard InChI is InChI=1S/C21H21F2N3OS/c1-13-4-5-14(2)19(8-13)28-12-20(27)25-21-15(3)10-24-26(21)11-16-9-17(22)6-7-18(16)23/h4-10H,11-12H2,1-3H3,(H,25,27). The predicted molar refractivity (Wildman–Crippen MR) is 108 cm³/mol. The van der Waals surface area contributed by atoms with Gasteiger partial charge in [0.15, 0.2) is 0 Å². The Balaban J connectivity index is 1.70. The number of hydrogen-bond acceptors (Lipinski definition) is 3. The number of nitrogens with zero attached hydrogens (tertiary/aromatic N) is 2. The lowest BCUT2D eigenvalue weighted by molar-refractivity contribution is -0.113. The van der Waals surface area contributed by atoms with Gasteiger partial charge in [0, 0.05) is 16.0 Å². The first-order valence-electron chi connectivity index (χ1n) is 8.79. The summed E-state index contributed by atoms with van der Waals surface area (Å²) in [7, 11) is 0. The van der Waals surface area contributed by atoms with Gasteiger partial charge in [0.2, 0.25) is 5.91 Å². The summed E-state index contributed by atoms with van der Waals surface area (Å²) < 4.78 is 28.8. The summed E-state index contributed by atoms with van der Waals surface area (Å²) in [5, 5.41) is 7.03. The van der Waals surface area contributed by atoms with Gasteiger partial charge in [-0.25, -0.2) is 13.5 Å². The van der Waals surface area contributed by atoms with Crippen LogP contribution >= 0.6 is 11.8 Å². The van der Waals surface area contributed by atoms with E-state index in [9.17, 15) is 13.6 Å². The van der Waals surface area contributed by atoms with E-state index < -0.39 is 11.6 Å². The van der Waals surface area contributed by atoms with Crippen molar-refractivity contribution >= 4 is 23.5 Å². The molecule has 0 fully saturated rings. The van der Waals surface area contributed by atoms with Crippen LogP contribution in [0.1, 0.15) is 22.3 Å². The highest BCUT2D eigenvalue weighted by molar-refractivity contribution is 8.00. The lowest BCUT2D eigenvalue weighted by atomic mass is 10.2. The van der Waals surface area contributed by atoms with Gasteiger partial charge >= 0.3 is 0 Å². The molecule has 0 atom stereocenters. The molecule has 1 aromatic heterocycles. The second-order valence-corrected chi connectivity index (χ2v) is 7.69. The van der Waals surface area contributed by atoms with E-state index in [2.05, 4.69) is 16.5 Å². The summed E-state index contributed by atoms with van der Waals surface area (Å²) in [4.78, 5) is 13.5. The average Bonchev–Trinajstić information content (AvgIpc) is 2.99. The maximum absolute atomic E-state index is 13.9. The van der Waals surface area contributed by atoms with Gasteiger partial charge in [0.1, 0.15) is 17.5 Å². The lowest BCUT2D eigenvalue weighted by Crippen LogP contribution is -2.19. The summed E-state index contributed by atoms with van der Waals surface area (Å²) in [5.41, 5.74) is 3.18. The van der Waals surface area contributed by atoms with E-state index in [1.165, 1.54) is 16.4 Å². The molecule has 2 aromatic carbocycles. The molecule has 0 aliphatic heterocycles. The molecule has 0 radical (unpaired) electrons. The topological polar surface area (TPSA) is 46.9 Å². The third-order valence-electron chi connectivity index (χ3n) is 4.31. The molecule has 0 saturated heterocycles. The molecule has 0 saturated carbocycles. The number of hydrogen-bond donors (Lipinski definition) is 1. The van der Waals surface area contributed by atoms with Crippen molar-refractivity contribution in [3.63, 3.8) is 0 Å². The highest BCUT2D eigenvalue weighted by Crippen LogP contribution is 2.24. The molecule has 4 nitrogen and oxygen atoms in total. The van der Waals surface area contributed by atoms with Gasteiger partial charge in [-0.05, 0) is 50.6 Å². The third kappa shape index (κ3) is 4.78. The van der Waals surface area contributed by atoms with Crippen molar-refractivity contribution in [2.75, 3.05) is 11.1 Å². The van der Waals surface area contributed by atoms with E-state index in [1.807, 2.05) is 26.0 Å². The zero-order chi connectivity index (χ0) is 20.3. The van der Waals surface area contributed by atoms with Crippen LogP contribution in [0.3, 0.4) is 0 Å². The molecule has 0 bridgehead atoms. The third-order valence-corrected chi connectivity index (χ3v) is 5.47. The van der Waals surface area contributed by atoms with E-state index in [0.717, 1.165) is 39.8 Å². The van der Waals surface area contributed by atoms with Crippen molar-refractivity contribution in [3.05, 3.63) is 76.5 Å². The second-order valence-electron chi connectivity index (χ2n) is 6.68. The summed E-state index contributed by atoms with van der Waals surface area (Å²) >= 11 is 1.46. The molecule has 0 unspecified atom stereocenters. The largest absolute Gasteiger partial charge is 0.310 e. The highest BCUT2D eigenvalue weighted by atomic mass is 32.2. The molecule has 1 heterocycles. The predicted octanol–water partition coefficient (Wildman–Crippen LogP) is 4.87. The van der Waals surface area contributed by atoms with E-state index in [1.54, 1.807) is 13.1 Å². The Morgan fingerprint density at radius 3 is 2.68 bits per heavy atom. The molecule has 28 heavy (non-hydrogen) atoms.